The van der Waals surface area contributed by atoms with Crippen LogP contribution in [0.4, 0.5) is 0 Å². The number of ether oxygens (including phenoxy) is 4. The number of carbonyl (C=O) groups is 4. The summed E-state index contributed by atoms with van der Waals surface area (Å²) in [4.78, 5) is 48.3. The zero-order chi connectivity index (χ0) is 25.8. The summed E-state index contributed by atoms with van der Waals surface area (Å²) in [7, 11) is 0. The molecule has 0 atom stereocenters. The van der Waals surface area contributed by atoms with Gasteiger partial charge >= 0.3 is 23.9 Å². The van der Waals surface area contributed by atoms with Crippen LogP contribution < -0.4 is 0 Å². The molecule has 0 aromatic heterocycles. The number of benzene rings is 2. The van der Waals surface area contributed by atoms with E-state index in [4.69, 9.17) is 18.9 Å². The molecule has 184 valence electrons. The Kier molecular flexibility index (Phi) is 10.4. The van der Waals surface area contributed by atoms with Gasteiger partial charge in [-0.3, -0.25) is 0 Å². The second kappa shape index (κ2) is 13.5. The molecular formula is C27H28O8. The molecule has 0 amide bonds. The molecule has 0 N–H and O–H groups in total. The fraction of sp³-hybridized carbons (Fsp3) is 0.259. The van der Waals surface area contributed by atoms with Crippen molar-refractivity contribution < 1.29 is 38.1 Å². The van der Waals surface area contributed by atoms with E-state index in [0.29, 0.717) is 23.1 Å². The van der Waals surface area contributed by atoms with Crippen LogP contribution in [-0.4, -0.2) is 50.3 Å². The maximum atomic E-state index is 12.7. The summed E-state index contributed by atoms with van der Waals surface area (Å²) in [6.07, 6.45) is 0.325. The average molecular weight is 481 g/mol. The van der Waals surface area contributed by atoms with Crippen LogP contribution in [0.1, 0.15) is 41.0 Å². The highest BCUT2D eigenvalue weighted by atomic mass is 16.6. The monoisotopic (exact) mass is 480 g/mol. The molecule has 2 rings (SSSR count). The number of carbonyl (C=O) groups excluding carboxylic acids is 4. The fourth-order valence-corrected chi connectivity index (χ4v) is 2.85. The van der Waals surface area contributed by atoms with Crippen molar-refractivity contribution >= 4 is 23.9 Å². The molecule has 8 nitrogen and oxygen atoms in total. The van der Waals surface area contributed by atoms with Crippen LogP contribution in [0.5, 0.6) is 0 Å². The Morgan fingerprint density at radius 2 is 0.971 bits per heavy atom. The predicted octanol–water partition coefficient (Wildman–Crippen LogP) is 4.30. The lowest BCUT2D eigenvalue weighted by molar-refractivity contribution is -0.140. The second-order valence-electron chi connectivity index (χ2n) is 7.55. The van der Waals surface area contributed by atoms with Crippen LogP contribution in [0.2, 0.25) is 0 Å². The van der Waals surface area contributed by atoms with E-state index in [1.165, 1.54) is 6.92 Å². The van der Waals surface area contributed by atoms with Crippen LogP contribution in [0, 0.1) is 0 Å². The third-order valence-corrected chi connectivity index (χ3v) is 4.59. The summed E-state index contributed by atoms with van der Waals surface area (Å²) >= 11 is 0. The zero-order valence-corrected chi connectivity index (χ0v) is 19.8. The van der Waals surface area contributed by atoms with Gasteiger partial charge in [0, 0.05) is 17.6 Å². The highest BCUT2D eigenvalue weighted by Gasteiger charge is 2.20. The Hall–Kier alpha value is -4.20. The van der Waals surface area contributed by atoms with Gasteiger partial charge in [0.1, 0.15) is 13.2 Å². The summed E-state index contributed by atoms with van der Waals surface area (Å²) in [5.74, 6) is -2.28. The van der Waals surface area contributed by atoms with Gasteiger partial charge in [-0.15, -0.1) is 0 Å². The number of rotatable bonds is 12. The van der Waals surface area contributed by atoms with Crippen molar-refractivity contribution in [1.82, 2.24) is 0 Å². The smallest absolute Gasteiger partial charge is 0.338 e. The largest absolute Gasteiger partial charge is 0.462 e. The first-order chi connectivity index (χ1) is 16.7. The van der Waals surface area contributed by atoms with Crippen molar-refractivity contribution in [2.24, 2.45) is 0 Å². The zero-order valence-electron chi connectivity index (χ0n) is 19.8. The van der Waals surface area contributed by atoms with E-state index in [0.717, 1.165) is 0 Å². The van der Waals surface area contributed by atoms with Gasteiger partial charge in [-0.2, -0.15) is 0 Å². The summed E-state index contributed by atoms with van der Waals surface area (Å²) in [6.45, 7) is 9.95. The molecular weight excluding hydrogens is 452 g/mol. The fourth-order valence-electron chi connectivity index (χ4n) is 2.85. The minimum absolute atomic E-state index is 0.0449. The van der Waals surface area contributed by atoms with E-state index in [2.05, 4.69) is 13.2 Å². The minimum atomic E-state index is -0.630. The molecule has 0 radical (unpaired) electrons. The van der Waals surface area contributed by atoms with Gasteiger partial charge in [0.2, 0.25) is 0 Å². The molecule has 8 heteroatoms. The highest BCUT2D eigenvalue weighted by Crippen LogP contribution is 2.28. The van der Waals surface area contributed by atoms with Crippen LogP contribution in [0.3, 0.4) is 0 Å². The van der Waals surface area contributed by atoms with Gasteiger partial charge in [-0.05, 0) is 37.1 Å². The quantitative estimate of drug-likeness (QED) is 0.192. The summed E-state index contributed by atoms with van der Waals surface area (Å²) < 4.78 is 20.5. The maximum Gasteiger partial charge on any atom is 0.338 e. The normalized spacial score (nSPS) is 10.1. The van der Waals surface area contributed by atoms with Crippen LogP contribution in [-0.2, 0) is 28.5 Å². The molecule has 0 fully saturated rings. The van der Waals surface area contributed by atoms with Gasteiger partial charge < -0.3 is 18.9 Å². The predicted molar refractivity (Wildman–Crippen MR) is 129 cm³/mol. The topological polar surface area (TPSA) is 105 Å². The van der Waals surface area contributed by atoms with Crippen molar-refractivity contribution in [3.05, 3.63) is 84.0 Å². The Bertz CT molecular complexity index is 1120. The van der Waals surface area contributed by atoms with Gasteiger partial charge in [-0.1, -0.05) is 49.6 Å². The van der Waals surface area contributed by atoms with Crippen LogP contribution in [0.15, 0.2) is 72.8 Å². The molecule has 0 spiro atoms. The summed E-state index contributed by atoms with van der Waals surface area (Å²) in [6, 6.07) is 13.4. The molecule has 0 unspecified atom stereocenters. The molecule has 35 heavy (non-hydrogen) atoms. The molecule has 0 aliphatic carbocycles. The van der Waals surface area contributed by atoms with E-state index >= 15 is 0 Å². The van der Waals surface area contributed by atoms with Crippen molar-refractivity contribution in [2.45, 2.75) is 20.3 Å². The lowest BCUT2D eigenvalue weighted by Crippen LogP contribution is -2.15. The molecule has 2 aromatic rings. The first-order valence-corrected chi connectivity index (χ1v) is 10.9. The Labute approximate surface area is 204 Å². The van der Waals surface area contributed by atoms with Gasteiger partial charge in [-0.25, -0.2) is 19.2 Å². The third-order valence-electron chi connectivity index (χ3n) is 4.59. The Balaban J connectivity index is 2.06. The first kappa shape index (κ1) is 27.0. The SMILES string of the molecule is C=C(C)C(=O)OCCCOC(=O)c1ccccc1-c1ccccc1C(=O)OCCOC(=O)C(=C)C. The molecule has 0 aliphatic rings. The van der Waals surface area contributed by atoms with E-state index in [1.807, 2.05) is 0 Å². The summed E-state index contributed by atoms with van der Waals surface area (Å²) in [5, 5.41) is 0. The first-order valence-electron chi connectivity index (χ1n) is 10.9. The third kappa shape index (κ3) is 8.26. The number of hydrogen-bond donors (Lipinski definition) is 0. The number of hydrogen-bond acceptors (Lipinski definition) is 8. The second-order valence-corrected chi connectivity index (χ2v) is 7.55. The molecule has 0 saturated heterocycles. The van der Waals surface area contributed by atoms with Gasteiger partial charge in [0.15, 0.2) is 0 Å². The standard InChI is InChI=1S/C27H28O8/c1-18(2)24(28)32-14-9-15-33-26(30)22-12-7-5-10-20(22)21-11-6-8-13-23(21)27(31)35-17-16-34-25(29)19(3)4/h5-8,10-13H,1,3,9,14-17H2,2,4H3. The average Bonchev–Trinajstić information content (AvgIpc) is 2.85. The summed E-state index contributed by atoms with van der Waals surface area (Å²) in [5.41, 5.74) is 2.03. The molecule has 0 saturated carbocycles. The van der Waals surface area contributed by atoms with E-state index in [9.17, 15) is 19.2 Å². The van der Waals surface area contributed by atoms with E-state index < -0.39 is 23.9 Å². The van der Waals surface area contributed by atoms with Crippen molar-refractivity contribution in [3.63, 3.8) is 0 Å². The highest BCUT2D eigenvalue weighted by molar-refractivity contribution is 6.03. The lowest BCUT2D eigenvalue weighted by Gasteiger charge is -2.13. The molecule has 0 bridgehead atoms. The van der Waals surface area contributed by atoms with E-state index in [1.54, 1.807) is 55.5 Å². The van der Waals surface area contributed by atoms with Crippen molar-refractivity contribution in [2.75, 3.05) is 26.4 Å². The van der Waals surface area contributed by atoms with Gasteiger partial charge in [0.05, 0.1) is 24.3 Å². The van der Waals surface area contributed by atoms with Crippen molar-refractivity contribution in [3.8, 4) is 11.1 Å². The maximum absolute atomic E-state index is 12.7. The minimum Gasteiger partial charge on any atom is -0.462 e. The molecule has 0 heterocycles. The van der Waals surface area contributed by atoms with Crippen LogP contribution >= 0.6 is 0 Å². The Morgan fingerprint density at radius 3 is 1.46 bits per heavy atom. The molecule has 0 aliphatic heterocycles. The lowest BCUT2D eigenvalue weighted by atomic mass is 9.95. The van der Waals surface area contributed by atoms with Gasteiger partial charge in [0.25, 0.3) is 0 Å². The van der Waals surface area contributed by atoms with Crippen LogP contribution in [0.25, 0.3) is 11.1 Å². The van der Waals surface area contributed by atoms with Crippen molar-refractivity contribution in [1.29, 1.82) is 0 Å². The van der Waals surface area contributed by atoms with E-state index in [-0.39, 0.29) is 43.1 Å². The molecule has 2 aromatic carbocycles. The number of esters is 4. The Morgan fingerprint density at radius 1 is 0.600 bits per heavy atom.